The van der Waals surface area contributed by atoms with Crippen LogP contribution in [0.5, 0.6) is 0 Å². The zero-order valence-corrected chi connectivity index (χ0v) is 14.3. The van der Waals surface area contributed by atoms with E-state index >= 15 is 0 Å². The quantitative estimate of drug-likeness (QED) is 0.901. The summed E-state index contributed by atoms with van der Waals surface area (Å²) in [5.41, 5.74) is 0.884. The number of nitrogens with zero attached hydrogens (tertiary/aromatic N) is 2. The third kappa shape index (κ3) is 4.17. The number of anilines is 1. The van der Waals surface area contributed by atoms with E-state index < -0.39 is 0 Å². The molecule has 5 nitrogen and oxygen atoms in total. The van der Waals surface area contributed by atoms with Crippen molar-refractivity contribution >= 4 is 22.4 Å². The van der Waals surface area contributed by atoms with Gasteiger partial charge in [0.25, 0.3) is 0 Å². The van der Waals surface area contributed by atoms with Gasteiger partial charge in [0.05, 0.1) is 13.2 Å². The minimum absolute atomic E-state index is 0.0943. The second kappa shape index (κ2) is 7.83. The molecule has 2 heterocycles. The fraction of sp³-hybridized carbons (Fsp3) is 0.412. The average molecular weight is 349 g/mol. The van der Waals surface area contributed by atoms with Crippen LogP contribution in [0.4, 0.5) is 9.52 Å². The lowest BCUT2D eigenvalue weighted by molar-refractivity contribution is -0.127. The first-order valence-corrected chi connectivity index (χ1v) is 8.79. The van der Waals surface area contributed by atoms with Crippen LogP contribution in [-0.2, 0) is 16.0 Å². The Kier molecular flexibility index (Phi) is 5.55. The van der Waals surface area contributed by atoms with Crippen molar-refractivity contribution in [2.75, 3.05) is 31.6 Å². The highest BCUT2D eigenvalue weighted by Gasteiger charge is 2.28. The van der Waals surface area contributed by atoms with Crippen molar-refractivity contribution in [2.24, 2.45) is 0 Å². The maximum Gasteiger partial charge on any atom is 0.245 e. The van der Waals surface area contributed by atoms with Crippen LogP contribution in [0.3, 0.4) is 0 Å². The lowest BCUT2D eigenvalue weighted by Crippen LogP contribution is -2.51. The molecule has 1 atom stereocenters. The number of hydrogen-bond acceptors (Lipinski definition) is 5. The summed E-state index contributed by atoms with van der Waals surface area (Å²) in [5, 5.41) is 3.43. The van der Waals surface area contributed by atoms with Crippen molar-refractivity contribution in [2.45, 2.75) is 19.4 Å². The minimum atomic E-state index is -0.278. The molecule has 1 aromatic carbocycles. The minimum Gasteiger partial charge on any atom is -0.378 e. The Hall–Kier alpha value is -1.83. The monoisotopic (exact) mass is 349 g/mol. The average Bonchev–Trinajstić information content (AvgIpc) is 3.01. The third-order valence-electron chi connectivity index (χ3n) is 4.00. The van der Waals surface area contributed by atoms with Crippen LogP contribution < -0.4 is 5.32 Å². The predicted octanol–water partition coefficient (Wildman–Crippen LogP) is 2.53. The maximum atomic E-state index is 13.2. The summed E-state index contributed by atoms with van der Waals surface area (Å²) in [6.07, 6.45) is 2.32. The Labute approximate surface area is 144 Å². The third-order valence-corrected chi connectivity index (χ3v) is 4.91. The second-order valence-electron chi connectivity index (χ2n) is 5.65. The highest BCUT2D eigenvalue weighted by atomic mass is 32.1. The molecule has 1 amide bonds. The number of likely N-dealkylation sites (N-methyl/N-ethyl adjacent to an activating group) is 1. The predicted molar refractivity (Wildman–Crippen MR) is 91.8 cm³/mol. The number of amides is 1. The van der Waals surface area contributed by atoms with Crippen LogP contribution in [-0.4, -0.2) is 48.1 Å². The highest BCUT2D eigenvalue weighted by Crippen LogP contribution is 2.22. The van der Waals surface area contributed by atoms with E-state index in [2.05, 4.69) is 15.2 Å². The van der Waals surface area contributed by atoms with Gasteiger partial charge < -0.3 is 10.1 Å². The van der Waals surface area contributed by atoms with Crippen molar-refractivity contribution < 1.29 is 13.9 Å². The Balaban J connectivity index is 1.62. The first-order chi connectivity index (χ1) is 11.7. The molecule has 3 rings (SSSR count). The lowest BCUT2D eigenvalue weighted by Gasteiger charge is -2.33. The van der Waals surface area contributed by atoms with E-state index in [-0.39, 0.29) is 17.8 Å². The largest absolute Gasteiger partial charge is 0.378 e. The molecule has 0 unspecified atom stereocenters. The van der Waals surface area contributed by atoms with E-state index in [0.717, 1.165) is 23.5 Å². The van der Waals surface area contributed by atoms with Crippen molar-refractivity contribution in [3.05, 3.63) is 46.7 Å². The van der Waals surface area contributed by atoms with Crippen LogP contribution in [0.1, 0.15) is 17.4 Å². The van der Waals surface area contributed by atoms with Gasteiger partial charge in [-0.25, -0.2) is 9.37 Å². The first kappa shape index (κ1) is 17.0. The molecule has 1 aliphatic rings. The summed E-state index contributed by atoms with van der Waals surface area (Å²) in [5.74, 6) is -0.342. The van der Waals surface area contributed by atoms with Gasteiger partial charge >= 0.3 is 0 Å². The summed E-state index contributed by atoms with van der Waals surface area (Å²) in [6, 6.07) is 6.22. The topological polar surface area (TPSA) is 54.5 Å². The van der Waals surface area contributed by atoms with Gasteiger partial charge in [0.15, 0.2) is 5.13 Å². The van der Waals surface area contributed by atoms with Gasteiger partial charge in [-0.2, -0.15) is 0 Å². The Morgan fingerprint density at radius 2 is 2.42 bits per heavy atom. The number of rotatable bonds is 5. The maximum absolute atomic E-state index is 13.2. The highest BCUT2D eigenvalue weighted by molar-refractivity contribution is 7.15. The van der Waals surface area contributed by atoms with Crippen LogP contribution in [0.25, 0.3) is 0 Å². The van der Waals surface area contributed by atoms with Crippen molar-refractivity contribution in [1.82, 2.24) is 9.88 Å². The molecule has 0 spiro atoms. The van der Waals surface area contributed by atoms with Gasteiger partial charge in [0.1, 0.15) is 11.9 Å². The fourth-order valence-corrected chi connectivity index (χ4v) is 3.59. The molecule has 0 bridgehead atoms. The van der Waals surface area contributed by atoms with Gasteiger partial charge in [0, 0.05) is 24.0 Å². The SMILES string of the molecule is CCN1CCOC[C@H]1C(=O)Nc1ncc(Cc2cccc(F)c2)s1. The fourth-order valence-electron chi connectivity index (χ4n) is 2.74. The normalized spacial score (nSPS) is 18.5. The standard InChI is InChI=1S/C17H20FN3O2S/c1-2-21-6-7-23-11-15(21)16(22)20-17-19-10-14(24-17)9-12-4-3-5-13(18)8-12/h3-5,8,10,15H,2,6-7,9,11H2,1H3,(H,19,20,22)/t15-/m0/s1. The van der Waals surface area contributed by atoms with Crippen molar-refractivity contribution in [3.8, 4) is 0 Å². The summed E-state index contributed by atoms with van der Waals surface area (Å²) in [6.45, 7) is 4.67. The number of morpholine rings is 1. The van der Waals surface area contributed by atoms with Crippen LogP contribution in [0.15, 0.2) is 30.5 Å². The molecule has 24 heavy (non-hydrogen) atoms. The van der Waals surface area contributed by atoms with Gasteiger partial charge in [-0.05, 0) is 24.2 Å². The van der Waals surface area contributed by atoms with Gasteiger partial charge in [-0.15, -0.1) is 11.3 Å². The molecule has 0 radical (unpaired) electrons. The molecule has 0 aliphatic carbocycles. The van der Waals surface area contributed by atoms with E-state index in [1.807, 2.05) is 13.0 Å². The number of nitrogens with one attached hydrogen (secondary N) is 1. The Morgan fingerprint density at radius 1 is 1.54 bits per heavy atom. The first-order valence-electron chi connectivity index (χ1n) is 7.97. The molecule has 1 saturated heterocycles. The van der Waals surface area contributed by atoms with E-state index in [1.54, 1.807) is 12.3 Å². The number of benzene rings is 1. The second-order valence-corrected chi connectivity index (χ2v) is 6.76. The zero-order valence-electron chi connectivity index (χ0n) is 13.5. The number of halogens is 1. The zero-order chi connectivity index (χ0) is 16.9. The molecule has 7 heteroatoms. The molecule has 1 aromatic heterocycles. The van der Waals surface area contributed by atoms with E-state index in [0.29, 0.717) is 24.8 Å². The molecule has 128 valence electrons. The van der Waals surface area contributed by atoms with E-state index in [9.17, 15) is 9.18 Å². The smallest absolute Gasteiger partial charge is 0.245 e. The van der Waals surface area contributed by atoms with Crippen molar-refractivity contribution in [1.29, 1.82) is 0 Å². The summed E-state index contributed by atoms with van der Waals surface area (Å²) < 4.78 is 18.7. The molecule has 1 N–H and O–H groups in total. The molecule has 2 aromatic rings. The number of aromatic nitrogens is 1. The number of ether oxygens (including phenoxy) is 1. The van der Waals surface area contributed by atoms with Crippen LogP contribution in [0.2, 0.25) is 0 Å². The molecule has 0 saturated carbocycles. The van der Waals surface area contributed by atoms with Gasteiger partial charge in [0.2, 0.25) is 5.91 Å². The van der Waals surface area contributed by atoms with E-state index in [4.69, 9.17) is 4.74 Å². The summed E-state index contributed by atoms with van der Waals surface area (Å²) in [7, 11) is 0. The van der Waals surface area contributed by atoms with Crippen LogP contribution in [0, 0.1) is 5.82 Å². The van der Waals surface area contributed by atoms with Crippen molar-refractivity contribution in [3.63, 3.8) is 0 Å². The summed E-state index contributed by atoms with van der Waals surface area (Å²) >= 11 is 1.41. The summed E-state index contributed by atoms with van der Waals surface area (Å²) in [4.78, 5) is 19.8. The number of carbonyl (C=O) groups is 1. The Bertz CT molecular complexity index is 707. The molecule has 1 fully saturated rings. The van der Waals surface area contributed by atoms with E-state index in [1.165, 1.54) is 23.5 Å². The Morgan fingerprint density at radius 3 is 3.21 bits per heavy atom. The lowest BCUT2D eigenvalue weighted by atomic mass is 10.1. The number of carbonyl (C=O) groups excluding carboxylic acids is 1. The molecule has 1 aliphatic heterocycles. The molecular weight excluding hydrogens is 329 g/mol. The van der Waals surface area contributed by atoms with Gasteiger partial charge in [-0.1, -0.05) is 19.1 Å². The number of thiazole rings is 1. The molecular formula is C17H20FN3O2S. The van der Waals surface area contributed by atoms with Crippen LogP contribution >= 0.6 is 11.3 Å². The van der Waals surface area contributed by atoms with Gasteiger partial charge in [-0.3, -0.25) is 9.69 Å². The number of hydrogen-bond donors (Lipinski definition) is 1.